The normalized spacial score (nSPS) is 10.8. The number of carbonyl (C=O) groups excluding carboxylic acids is 2. The van der Waals surface area contributed by atoms with Gasteiger partial charge in [-0.2, -0.15) is 0 Å². The average Bonchev–Trinajstić information content (AvgIpc) is 2.72. The van der Waals surface area contributed by atoms with Crippen LogP contribution >= 0.6 is 0 Å². The zero-order valence-electron chi connectivity index (χ0n) is 16.1. The molecular formula is C25H18O4. The van der Waals surface area contributed by atoms with E-state index in [0.29, 0.717) is 16.5 Å². The van der Waals surface area contributed by atoms with Crippen molar-refractivity contribution in [3.8, 4) is 0 Å². The summed E-state index contributed by atoms with van der Waals surface area (Å²) < 4.78 is 5.40. The highest BCUT2D eigenvalue weighted by molar-refractivity contribution is 6.24. The fourth-order valence-electron chi connectivity index (χ4n) is 3.52. The molecule has 0 aliphatic carbocycles. The van der Waals surface area contributed by atoms with Crippen molar-refractivity contribution in [2.45, 2.75) is 13.8 Å². The van der Waals surface area contributed by atoms with Crippen molar-refractivity contribution >= 4 is 22.5 Å². The first-order valence-corrected chi connectivity index (χ1v) is 9.25. The van der Waals surface area contributed by atoms with Crippen LogP contribution in [0.4, 0.5) is 0 Å². The van der Waals surface area contributed by atoms with E-state index in [2.05, 4.69) is 0 Å². The highest BCUT2D eigenvalue weighted by Crippen LogP contribution is 2.26. The molecule has 4 nitrogen and oxygen atoms in total. The highest BCUT2D eigenvalue weighted by Gasteiger charge is 2.28. The first-order valence-electron chi connectivity index (χ1n) is 9.25. The fourth-order valence-corrected chi connectivity index (χ4v) is 3.52. The monoisotopic (exact) mass is 382 g/mol. The minimum Gasteiger partial charge on any atom is -0.422 e. The van der Waals surface area contributed by atoms with Crippen LogP contribution in [0.5, 0.6) is 0 Å². The molecule has 3 aromatic carbocycles. The Morgan fingerprint density at radius 2 is 1.14 bits per heavy atom. The van der Waals surface area contributed by atoms with Crippen molar-refractivity contribution in [2.75, 3.05) is 0 Å². The molecule has 1 aromatic heterocycles. The lowest BCUT2D eigenvalue weighted by Gasteiger charge is -2.12. The fraction of sp³-hybridized carbons (Fsp3) is 0.0800. The molecular weight excluding hydrogens is 364 g/mol. The van der Waals surface area contributed by atoms with Crippen molar-refractivity contribution in [3.05, 3.63) is 117 Å². The molecule has 4 aromatic rings. The summed E-state index contributed by atoms with van der Waals surface area (Å²) in [6.07, 6.45) is 0. The number of hydrogen-bond acceptors (Lipinski definition) is 4. The zero-order valence-corrected chi connectivity index (χ0v) is 16.1. The topological polar surface area (TPSA) is 64.3 Å². The van der Waals surface area contributed by atoms with Gasteiger partial charge in [-0.05, 0) is 31.0 Å². The molecule has 1 heterocycles. The van der Waals surface area contributed by atoms with E-state index in [1.165, 1.54) is 0 Å². The van der Waals surface area contributed by atoms with Gasteiger partial charge in [0, 0.05) is 16.5 Å². The maximum Gasteiger partial charge on any atom is 0.348 e. The molecule has 29 heavy (non-hydrogen) atoms. The Morgan fingerprint density at radius 1 is 0.655 bits per heavy atom. The van der Waals surface area contributed by atoms with Crippen LogP contribution in [-0.4, -0.2) is 11.6 Å². The van der Waals surface area contributed by atoms with Gasteiger partial charge in [0.15, 0.2) is 5.78 Å². The molecule has 0 N–H and O–H groups in total. The molecule has 4 heteroatoms. The molecule has 0 amide bonds. The second-order valence-corrected chi connectivity index (χ2v) is 6.92. The summed E-state index contributed by atoms with van der Waals surface area (Å²) in [5.74, 6) is -0.885. The summed E-state index contributed by atoms with van der Waals surface area (Å²) in [4.78, 5) is 39.8. The number of fused-ring (bicyclic) bond motifs is 1. The van der Waals surface area contributed by atoms with Gasteiger partial charge in [0.25, 0.3) is 0 Å². The summed E-state index contributed by atoms with van der Waals surface area (Å²) in [6, 6.07) is 20.9. The predicted molar refractivity (Wildman–Crippen MR) is 112 cm³/mol. The van der Waals surface area contributed by atoms with Gasteiger partial charge in [0.1, 0.15) is 11.1 Å². The quantitative estimate of drug-likeness (QED) is 0.373. The van der Waals surface area contributed by atoms with Gasteiger partial charge in [-0.1, -0.05) is 66.7 Å². The van der Waals surface area contributed by atoms with E-state index in [-0.39, 0.29) is 22.5 Å². The van der Waals surface area contributed by atoms with E-state index >= 15 is 0 Å². The van der Waals surface area contributed by atoms with Gasteiger partial charge < -0.3 is 4.42 Å². The molecule has 0 aliphatic heterocycles. The van der Waals surface area contributed by atoms with Crippen LogP contribution in [0.25, 0.3) is 11.0 Å². The van der Waals surface area contributed by atoms with E-state index in [4.69, 9.17) is 4.42 Å². The first-order chi connectivity index (χ1) is 14.0. The standard InChI is InChI=1S/C25H18O4/c1-15-9-3-5-11-17(15)23(26)21-19-13-7-8-14-20(19)29-25(28)22(21)24(27)18-12-6-4-10-16(18)2/h3-14H,1-2H3. The summed E-state index contributed by atoms with van der Waals surface area (Å²) in [7, 11) is 0. The van der Waals surface area contributed by atoms with Crippen molar-refractivity contribution in [3.63, 3.8) is 0 Å². The molecule has 0 radical (unpaired) electrons. The molecule has 4 rings (SSSR count). The molecule has 0 bridgehead atoms. The third-order valence-electron chi connectivity index (χ3n) is 5.05. The predicted octanol–water partition coefficient (Wildman–Crippen LogP) is 4.87. The van der Waals surface area contributed by atoms with Crippen LogP contribution in [0.2, 0.25) is 0 Å². The Hall–Kier alpha value is -3.79. The van der Waals surface area contributed by atoms with E-state index in [0.717, 1.165) is 11.1 Å². The SMILES string of the molecule is Cc1ccccc1C(=O)c1c(C(=O)c2ccccc2C)c2ccccc2oc1=O. The van der Waals surface area contributed by atoms with Gasteiger partial charge in [-0.3, -0.25) is 9.59 Å². The van der Waals surface area contributed by atoms with Crippen molar-refractivity contribution in [1.82, 2.24) is 0 Å². The van der Waals surface area contributed by atoms with Gasteiger partial charge in [-0.15, -0.1) is 0 Å². The minimum absolute atomic E-state index is 0.0828. The van der Waals surface area contributed by atoms with Gasteiger partial charge in [0.05, 0.1) is 5.56 Å². The molecule has 0 saturated carbocycles. The summed E-state index contributed by atoms with van der Waals surface area (Å²) in [6.45, 7) is 3.61. The number of aryl methyl sites for hydroxylation is 2. The number of para-hydroxylation sites is 1. The van der Waals surface area contributed by atoms with Gasteiger partial charge in [-0.25, -0.2) is 4.79 Å². The molecule has 0 fully saturated rings. The van der Waals surface area contributed by atoms with Gasteiger partial charge >= 0.3 is 5.63 Å². The third-order valence-corrected chi connectivity index (χ3v) is 5.05. The summed E-state index contributed by atoms with van der Waals surface area (Å²) >= 11 is 0. The van der Waals surface area contributed by atoms with Crippen molar-refractivity contribution in [2.24, 2.45) is 0 Å². The number of hydrogen-bond donors (Lipinski definition) is 0. The van der Waals surface area contributed by atoms with Crippen molar-refractivity contribution < 1.29 is 14.0 Å². The Kier molecular flexibility index (Phi) is 4.69. The second kappa shape index (κ2) is 7.32. The highest BCUT2D eigenvalue weighted by atomic mass is 16.4. The molecule has 0 aliphatic rings. The lowest BCUT2D eigenvalue weighted by Crippen LogP contribution is -2.22. The molecule has 0 unspecified atom stereocenters. The Morgan fingerprint density at radius 3 is 1.72 bits per heavy atom. The van der Waals surface area contributed by atoms with Crippen LogP contribution in [0.3, 0.4) is 0 Å². The largest absolute Gasteiger partial charge is 0.422 e. The third kappa shape index (κ3) is 3.19. The Bertz CT molecular complexity index is 1330. The van der Waals surface area contributed by atoms with Crippen molar-refractivity contribution in [1.29, 1.82) is 0 Å². The van der Waals surface area contributed by atoms with E-state index in [1.54, 1.807) is 61.5 Å². The molecule has 142 valence electrons. The number of ketones is 2. The second-order valence-electron chi connectivity index (χ2n) is 6.92. The maximum atomic E-state index is 13.5. The first kappa shape index (κ1) is 18.6. The molecule has 0 saturated heterocycles. The van der Waals surface area contributed by atoms with Crippen LogP contribution < -0.4 is 5.63 Å². The minimum atomic E-state index is -0.811. The van der Waals surface area contributed by atoms with E-state index < -0.39 is 11.4 Å². The van der Waals surface area contributed by atoms with Gasteiger partial charge in [0.2, 0.25) is 5.78 Å². The van der Waals surface area contributed by atoms with Crippen LogP contribution in [0.1, 0.15) is 43.0 Å². The summed E-state index contributed by atoms with van der Waals surface area (Å²) in [5.41, 5.74) is 1.62. The van der Waals surface area contributed by atoms with Crippen LogP contribution in [0, 0.1) is 13.8 Å². The number of carbonyl (C=O) groups is 2. The smallest absolute Gasteiger partial charge is 0.348 e. The number of rotatable bonds is 4. The van der Waals surface area contributed by atoms with Crippen LogP contribution in [0.15, 0.2) is 82.0 Å². The van der Waals surface area contributed by atoms with Crippen LogP contribution in [-0.2, 0) is 0 Å². The van der Waals surface area contributed by atoms with E-state index in [1.807, 2.05) is 25.1 Å². The Balaban J connectivity index is 2.07. The Labute approximate surface area is 167 Å². The summed E-state index contributed by atoms with van der Waals surface area (Å²) in [5, 5.41) is 0.442. The molecule has 0 atom stereocenters. The van der Waals surface area contributed by atoms with E-state index in [9.17, 15) is 14.4 Å². The lowest BCUT2D eigenvalue weighted by molar-refractivity contribution is 0.100. The average molecular weight is 382 g/mol. The lowest BCUT2D eigenvalue weighted by atomic mass is 9.89. The maximum absolute atomic E-state index is 13.5. The number of benzene rings is 3. The molecule has 0 spiro atoms. The zero-order chi connectivity index (χ0) is 20.5.